The van der Waals surface area contributed by atoms with Gasteiger partial charge in [-0.2, -0.15) is 13.2 Å². The summed E-state index contributed by atoms with van der Waals surface area (Å²) in [5, 5.41) is 9.41. The van der Waals surface area contributed by atoms with E-state index in [1.807, 2.05) is 0 Å². The van der Waals surface area contributed by atoms with Gasteiger partial charge in [0, 0.05) is 0 Å². The summed E-state index contributed by atoms with van der Waals surface area (Å²) in [6, 6.07) is 12.0. The van der Waals surface area contributed by atoms with E-state index in [0.717, 1.165) is 23.3 Å². The molecule has 0 heterocycles. The summed E-state index contributed by atoms with van der Waals surface area (Å²) < 4.78 is 41.9. The number of hydrogen-bond donors (Lipinski definition) is 2. The molecule has 110 valence electrons. The molecule has 0 atom stereocenters. The summed E-state index contributed by atoms with van der Waals surface area (Å²) in [6.07, 6.45) is -3.81. The van der Waals surface area contributed by atoms with Gasteiger partial charge in [0.25, 0.3) is 0 Å². The monoisotopic (exact) mass is 312 g/mol. The number of rotatable bonds is 4. The van der Waals surface area contributed by atoms with E-state index in [1.165, 1.54) is 12.1 Å². The topological polar surface area (TPSA) is 29.5 Å². The van der Waals surface area contributed by atoms with E-state index in [1.54, 1.807) is 24.3 Å². The lowest BCUT2D eigenvalue weighted by molar-refractivity contribution is -0.137. The minimum atomic E-state index is -4.32. The first-order chi connectivity index (χ1) is 9.90. The summed E-state index contributed by atoms with van der Waals surface area (Å²) in [5.41, 5.74) is 1.60. The van der Waals surface area contributed by atoms with Gasteiger partial charge in [0.2, 0.25) is 0 Å². The van der Waals surface area contributed by atoms with Crippen LogP contribution < -0.4 is 5.46 Å². The van der Waals surface area contributed by atoms with E-state index in [-0.39, 0.29) is 0 Å². The third kappa shape index (κ3) is 4.26. The highest BCUT2D eigenvalue weighted by Crippen LogP contribution is 2.29. The van der Waals surface area contributed by atoms with Crippen molar-refractivity contribution in [2.24, 2.45) is 0 Å². The Hall–Kier alpha value is -1.44. The predicted molar refractivity (Wildman–Crippen MR) is 78.4 cm³/mol. The molecule has 0 spiro atoms. The Balaban J connectivity index is 2.08. The maximum Gasteiger partial charge on any atom is 0.502 e. The third-order valence-corrected chi connectivity index (χ3v) is 3.25. The Morgan fingerprint density at radius 3 is 1.86 bits per heavy atom. The third-order valence-electron chi connectivity index (χ3n) is 3.05. The van der Waals surface area contributed by atoms with Gasteiger partial charge in [-0.3, -0.25) is 0 Å². The van der Waals surface area contributed by atoms with Gasteiger partial charge in [-0.25, -0.2) is 0 Å². The lowest BCUT2D eigenvalue weighted by Crippen LogP contribution is -2.30. The van der Waals surface area contributed by atoms with Crippen LogP contribution in [0, 0.1) is 0 Å². The summed E-state index contributed by atoms with van der Waals surface area (Å²) in [7, 11) is -1.10. The van der Waals surface area contributed by atoms with Crippen molar-refractivity contribution < 1.29 is 22.3 Å². The maximum absolute atomic E-state index is 12.5. The normalized spacial score (nSPS) is 11.5. The van der Waals surface area contributed by atoms with Crippen molar-refractivity contribution in [1.29, 1.82) is 0 Å². The van der Waals surface area contributed by atoms with Crippen LogP contribution in [0.4, 0.5) is 13.2 Å². The average Bonchev–Trinajstić information content (AvgIpc) is 2.47. The molecular formula is C14H12BF3O2S. The van der Waals surface area contributed by atoms with E-state index >= 15 is 0 Å². The first-order valence-corrected chi connectivity index (χ1v) is 6.50. The van der Waals surface area contributed by atoms with Crippen LogP contribution in [0.25, 0.3) is 0 Å². The number of alkyl halides is 3. The van der Waals surface area contributed by atoms with Crippen molar-refractivity contribution in [3.8, 4) is 0 Å². The number of halogens is 3. The molecule has 2 aromatic carbocycles. The molecule has 0 aliphatic rings. The molecule has 2 aromatic rings. The molecule has 0 bridgehead atoms. The van der Waals surface area contributed by atoms with Crippen molar-refractivity contribution in [1.82, 2.24) is 0 Å². The molecule has 0 aromatic heterocycles. The van der Waals surface area contributed by atoms with Gasteiger partial charge >= 0.3 is 13.3 Å². The zero-order chi connectivity index (χ0) is 15.5. The summed E-state index contributed by atoms with van der Waals surface area (Å²) >= 11 is 3.52. The Bertz CT molecular complexity index is 585. The van der Waals surface area contributed by atoms with Crippen LogP contribution in [-0.4, -0.2) is 12.1 Å². The van der Waals surface area contributed by atoms with E-state index in [4.69, 9.17) is 0 Å². The molecule has 0 aliphatic carbocycles. The molecule has 21 heavy (non-hydrogen) atoms. The molecule has 0 unspecified atom stereocenters. The molecule has 2 rings (SSSR count). The highest BCUT2D eigenvalue weighted by molar-refractivity contribution is 7.76. The van der Waals surface area contributed by atoms with Gasteiger partial charge in [-0.05, 0) is 48.1 Å². The Morgan fingerprint density at radius 1 is 0.952 bits per heavy atom. The fourth-order valence-electron chi connectivity index (χ4n) is 1.91. The second-order valence-electron chi connectivity index (χ2n) is 4.57. The molecule has 0 saturated carbocycles. The SMILES string of the molecule is OB(OS)c1ccc(Cc2ccc(C(F)(F)F)cc2)cc1. The first kappa shape index (κ1) is 15.9. The molecule has 2 nitrogen and oxygen atoms in total. The number of thiol groups is 1. The standard InChI is InChI=1S/C14H12BF3O2S/c16-14(17,18)12-5-1-10(2-6-12)9-11-3-7-13(8-4-11)15(19)20-21/h1-8,19,21H,9H2. The fourth-order valence-corrected chi connectivity index (χ4v) is 2.03. The molecule has 0 fully saturated rings. The van der Waals surface area contributed by atoms with E-state index in [2.05, 4.69) is 17.0 Å². The second-order valence-corrected chi connectivity index (χ2v) is 4.78. The molecule has 0 saturated heterocycles. The molecule has 0 aliphatic heterocycles. The summed E-state index contributed by atoms with van der Waals surface area (Å²) in [5.74, 6) is 0. The first-order valence-electron chi connectivity index (χ1n) is 6.13. The average molecular weight is 312 g/mol. The van der Waals surface area contributed by atoms with Crippen LogP contribution in [0.3, 0.4) is 0 Å². The largest absolute Gasteiger partial charge is 0.502 e. The van der Waals surface area contributed by atoms with Gasteiger partial charge in [0.1, 0.15) is 0 Å². The number of benzene rings is 2. The minimum absolute atomic E-state index is 0.510. The number of hydrogen-bond acceptors (Lipinski definition) is 3. The lowest BCUT2D eigenvalue weighted by atomic mass is 9.80. The Labute approximate surface area is 126 Å². The molecule has 0 amide bonds. The smallest absolute Gasteiger partial charge is 0.423 e. The van der Waals surface area contributed by atoms with Crippen molar-refractivity contribution in [3.63, 3.8) is 0 Å². The van der Waals surface area contributed by atoms with Crippen LogP contribution in [0.5, 0.6) is 0 Å². The summed E-state index contributed by atoms with van der Waals surface area (Å²) in [4.78, 5) is 0. The second kappa shape index (κ2) is 6.55. The van der Waals surface area contributed by atoms with Crippen molar-refractivity contribution in [2.45, 2.75) is 12.6 Å². The van der Waals surface area contributed by atoms with E-state index < -0.39 is 18.9 Å². The highest BCUT2D eigenvalue weighted by atomic mass is 32.1. The van der Waals surface area contributed by atoms with Gasteiger partial charge < -0.3 is 9.12 Å². The van der Waals surface area contributed by atoms with Crippen molar-refractivity contribution in [3.05, 3.63) is 65.2 Å². The quantitative estimate of drug-likeness (QED) is 0.516. The van der Waals surface area contributed by atoms with Crippen LogP contribution >= 0.6 is 12.9 Å². The molecule has 7 heteroatoms. The van der Waals surface area contributed by atoms with Gasteiger partial charge in [0.05, 0.1) is 5.56 Å². The molecule has 1 N–H and O–H groups in total. The zero-order valence-corrected chi connectivity index (χ0v) is 11.7. The van der Waals surface area contributed by atoms with Gasteiger partial charge in [0.15, 0.2) is 0 Å². The van der Waals surface area contributed by atoms with Gasteiger partial charge in [-0.15, -0.1) is 0 Å². The maximum atomic E-state index is 12.5. The van der Waals surface area contributed by atoms with E-state index in [9.17, 15) is 18.2 Å². The molecule has 0 radical (unpaired) electrons. The minimum Gasteiger partial charge on any atom is -0.423 e. The predicted octanol–water partition coefficient (Wildman–Crippen LogP) is 2.85. The highest BCUT2D eigenvalue weighted by Gasteiger charge is 2.29. The van der Waals surface area contributed by atoms with Crippen molar-refractivity contribution >= 4 is 25.5 Å². The van der Waals surface area contributed by atoms with E-state index in [0.29, 0.717) is 11.9 Å². The van der Waals surface area contributed by atoms with Crippen LogP contribution in [0.15, 0.2) is 48.5 Å². The van der Waals surface area contributed by atoms with Crippen LogP contribution in [0.2, 0.25) is 0 Å². The van der Waals surface area contributed by atoms with Crippen molar-refractivity contribution in [2.75, 3.05) is 0 Å². The lowest BCUT2D eigenvalue weighted by Gasteiger charge is -2.08. The molecular weight excluding hydrogens is 300 g/mol. The van der Waals surface area contributed by atoms with Crippen LogP contribution in [0.1, 0.15) is 16.7 Å². The Morgan fingerprint density at radius 2 is 1.43 bits per heavy atom. The Kier molecular flexibility index (Phi) is 4.98. The van der Waals surface area contributed by atoms with Crippen LogP contribution in [-0.2, 0) is 16.7 Å². The fraction of sp³-hybridized carbons (Fsp3) is 0.143. The van der Waals surface area contributed by atoms with Gasteiger partial charge in [-0.1, -0.05) is 36.4 Å². The summed E-state index contributed by atoms with van der Waals surface area (Å²) in [6.45, 7) is 0. The zero-order valence-electron chi connectivity index (χ0n) is 10.8.